The molecule has 0 spiro atoms. The summed E-state index contributed by atoms with van der Waals surface area (Å²) in [6.45, 7) is 4.73. The monoisotopic (exact) mass is 586 g/mol. The quantitative estimate of drug-likeness (QED) is 0.343. The van der Waals surface area contributed by atoms with Gasteiger partial charge in [0.05, 0.1) is 26.0 Å². The van der Waals surface area contributed by atoms with Crippen LogP contribution in [0.4, 0.5) is 14.9 Å². The number of morpholine rings is 1. The van der Waals surface area contributed by atoms with Gasteiger partial charge in [0, 0.05) is 42.9 Å². The predicted octanol–water partition coefficient (Wildman–Crippen LogP) is 4.97. The SMILES string of the molecule is O=C(CN(CCCN1CCOCC1)C(=O)Nc1cccc(Br)c1)N(Cc1ccc(F)cc1)Cc1ccco1. The summed E-state index contributed by atoms with van der Waals surface area (Å²) >= 11 is 3.42. The first kappa shape index (κ1) is 27.8. The summed E-state index contributed by atoms with van der Waals surface area (Å²) in [4.78, 5) is 32.4. The van der Waals surface area contributed by atoms with Crippen molar-refractivity contribution in [1.82, 2.24) is 14.7 Å². The fourth-order valence-corrected chi connectivity index (χ4v) is 4.63. The van der Waals surface area contributed by atoms with Gasteiger partial charge in [-0.15, -0.1) is 0 Å². The van der Waals surface area contributed by atoms with Crippen molar-refractivity contribution in [3.05, 3.63) is 88.5 Å². The highest BCUT2D eigenvalue weighted by Gasteiger charge is 2.23. The van der Waals surface area contributed by atoms with E-state index in [1.807, 2.05) is 18.2 Å². The first-order valence-electron chi connectivity index (χ1n) is 12.6. The van der Waals surface area contributed by atoms with Crippen molar-refractivity contribution in [3.63, 3.8) is 0 Å². The molecule has 202 valence electrons. The molecule has 4 rings (SSSR count). The second-order valence-electron chi connectivity index (χ2n) is 9.13. The lowest BCUT2D eigenvalue weighted by Gasteiger charge is -2.30. The zero-order chi connectivity index (χ0) is 26.7. The molecule has 2 heterocycles. The second kappa shape index (κ2) is 14.1. The minimum atomic E-state index is -0.349. The van der Waals surface area contributed by atoms with Gasteiger partial charge in [0.2, 0.25) is 5.91 Å². The maximum Gasteiger partial charge on any atom is 0.322 e. The molecule has 0 atom stereocenters. The molecule has 0 radical (unpaired) electrons. The number of amides is 3. The number of urea groups is 1. The van der Waals surface area contributed by atoms with Gasteiger partial charge in [-0.2, -0.15) is 0 Å². The number of hydrogen-bond donors (Lipinski definition) is 1. The van der Waals surface area contributed by atoms with E-state index in [1.165, 1.54) is 12.1 Å². The lowest BCUT2D eigenvalue weighted by atomic mass is 10.2. The second-order valence-corrected chi connectivity index (χ2v) is 10.0. The van der Waals surface area contributed by atoms with Crippen LogP contribution in [0.3, 0.4) is 0 Å². The largest absolute Gasteiger partial charge is 0.467 e. The number of furan rings is 1. The molecular formula is C28H32BrFN4O4. The molecule has 0 saturated carbocycles. The number of benzene rings is 2. The molecule has 1 aromatic heterocycles. The summed E-state index contributed by atoms with van der Waals surface area (Å²) < 4.78 is 25.2. The standard InChI is InChI=1S/C28H32BrFN4O4/c29-23-4-1-5-25(18-23)31-28(36)33(12-3-11-32-13-16-37-17-14-32)21-27(35)34(20-26-6-2-15-38-26)19-22-7-9-24(30)10-8-22/h1-2,4-10,15,18H,3,11-14,16-17,19-21H2,(H,31,36). The molecule has 1 fully saturated rings. The molecule has 0 bridgehead atoms. The van der Waals surface area contributed by atoms with Gasteiger partial charge >= 0.3 is 6.03 Å². The number of nitrogens with one attached hydrogen (secondary N) is 1. The molecule has 38 heavy (non-hydrogen) atoms. The number of rotatable bonds is 11. The van der Waals surface area contributed by atoms with Gasteiger partial charge in [0.15, 0.2) is 0 Å². The summed E-state index contributed by atoms with van der Waals surface area (Å²) in [5, 5.41) is 2.91. The molecule has 1 aliphatic heterocycles. The molecule has 1 saturated heterocycles. The van der Waals surface area contributed by atoms with Crippen molar-refractivity contribution in [2.45, 2.75) is 19.5 Å². The minimum Gasteiger partial charge on any atom is -0.467 e. The Balaban J connectivity index is 1.46. The van der Waals surface area contributed by atoms with Crippen LogP contribution in [0.1, 0.15) is 17.7 Å². The smallest absolute Gasteiger partial charge is 0.322 e. The van der Waals surface area contributed by atoms with Crippen molar-refractivity contribution < 1.29 is 23.1 Å². The molecule has 10 heteroatoms. The van der Waals surface area contributed by atoms with Crippen LogP contribution in [0, 0.1) is 5.82 Å². The molecule has 2 aromatic carbocycles. The lowest BCUT2D eigenvalue weighted by Crippen LogP contribution is -2.45. The van der Waals surface area contributed by atoms with Crippen molar-refractivity contribution in [2.75, 3.05) is 51.3 Å². The maximum absolute atomic E-state index is 13.6. The van der Waals surface area contributed by atoms with E-state index in [2.05, 4.69) is 26.1 Å². The summed E-state index contributed by atoms with van der Waals surface area (Å²) in [5.74, 6) is 0.0488. The van der Waals surface area contributed by atoms with Crippen molar-refractivity contribution >= 4 is 33.6 Å². The first-order valence-corrected chi connectivity index (χ1v) is 13.4. The van der Waals surface area contributed by atoms with Crippen molar-refractivity contribution in [3.8, 4) is 0 Å². The van der Waals surface area contributed by atoms with Gasteiger partial charge in [-0.05, 0) is 54.4 Å². The van der Waals surface area contributed by atoms with E-state index >= 15 is 0 Å². The summed E-state index contributed by atoms with van der Waals surface area (Å²) in [5.41, 5.74) is 1.41. The Bertz CT molecular complexity index is 1170. The predicted molar refractivity (Wildman–Crippen MR) is 146 cm³/mol. The maximum atomic E-state index is 13.6. The van der Waals surface area contributed by atoms with Gasteiger partial charge < -0.3 is 24.3 Å². The van der Waals surface area contributed by atoms with E-state index in [1.54, 1.807) is 46.4 Å². The third-order valence-electron chi connectivity index (χ3n) is 6.26. The fraction of sp³-hybridized carbons (Fsp3) is 0.357. The van der Waals surface area contributed by atoms with E-state index in [4.69, 9.17) is 9.15 Å². The number of ether oxygens (including phenoxy) is 1. The molecule has 0 aliphatic carbocycles. The molecule has 1 N–H and O–H groups in total. The molecule has 3 amide bonds. The van der Waals surface area contributed by atoms with Gasteiger partial charge in [-0.3, -0.25) is 9.69 Å². The number of anilines is 1. The third-order valence-corrected chi connectivity index (χ3v) is 6.75. The molecule has 8 nitrogen and oxygen atoms in total. The highest BCUT2D eigenvalue weighted by atomic mass is 79.9. The average molecular weight is 587 g/mol. The molecule has 3 aromatic rings. The van der Waals surface area contributed by atoms with E-state index in [9.17, 15) is 14.0 Å². The number of carbonyl (C=O) groups excluding carboxylic acids is 2. The Morgan fingerprint density at radius 3 is 2.50 bits per heavy atom. The highest BCUT2D eigenvalue weighted by molar-refractivity contribution is 9.10. The van der Waals surface area contributed by atoms with E-state index < -0.39 is 0 Å². The first-order chi connectivity index (χ1) is 18.5. The van der Waals surface area contributed by atoms with Crippen molar-refractivity contribution in [1.29, 1.82) is 0 Å². The molecule has 1 aliphatic rings. The van der Waals surface area contributed by atoms with E-state index in [-0.39, 0.29) is 37.4 Å². The Kier molecular flexibility index (Phi) is 10.3. The summed E-state index contributed by atoms with van der Waals surface area (Å²) in [6.07, 6.45) is 2.27. The van der Waals surface area contributed by atoms with Crippen LogP contribution >= 0.6 is 15.9 Å². The van der Waals surface area contributed by atoms with Crippen LogP contribution in [0.25, 0.3) is 0 Å². The van der Waals surface area contributed by atoms with Gasteiger partial charge in [-0.25, -0.2) is 9.18 Å². The summed E-state index contributed by atoms with van der Waals surface area (Å²) in [7, 11) is 0. The van der Waals surface area contributed by atoms with Crippen LogP contribution in [-0.2, 0) is 22.6 Å². The Labute approximate surface area is 230 Å². The topological polar surface area (TPSA) is 78.3 Å². The van der Waals surface area contributed by atoms with Crippen LogP contribution in [0.2, 0.25) is 0 Å². The molecule has 0 unspecified atom stereocenters. The van der Waals surface area contributed by atoms with Gasteiger partial charge in [-0.1, -0.05) is 34.1 Å². The fourth-order valence-electron chi connectivity index (χ4n) is 4.23. The Hall–Kier alpha value is -3.21. The number of carbonyl (C=O) groups is 2. The van der Waals surface area contributed by atoms with Crippen LogP contribution in [0.15, 0.2) is 75.8 Å². The minimum absolute atomic E-state index is 0.106. The lowest BCUT2D eigenvalue weighted by molar-refractivity contribution is -0.133. The number of halogens is 2. The number of nitrogens with zero attached hydrogens (tertiary/aromatic N) is 3. The van der Waals surface area contributed by atoms with Crippen LogP contribution < -0.4 is 5.32 Å². The highest BCUT2D eigenvalue weighted by Crippen LogP contribution is 2.17. The average Bonchev–Trinajstić information content (AvgIpc) is 3.43. The summed E-state index contributed by atoms with van der Waals surface area (Å²) in [6, 6.07) is 16.6. The Morgan fingerprint density at radius 2 is 1.79 bits per heavy atom. The molecular weight excluding hydrogens is 555 g/mol. The zero-order valence-electron chi connectivity index (χ0n) is 21.2. The van der Waals surface area contributed by atoms with Crippen LogP contribution in [-0.4, -0.2) is 72.6 Å². The van der Waals surface area contributed by atoms with E-state index in [0.29, 0.717) is 31.2 Å². The van der Waals surface area contributed by atoms with Crippen LogP contribution in [0.5, 0.6) is 0 Å². The normalized spacial score (nSPS) is 13.7. The van der Waals surface area contributed by atoms with Crippen molar-refractivity contribution in [2.24, 2.45) is 0 Å². The zero-order valence-corrected chi connectivity index (χ0v) is 22.7. The van der Waals surface area contributed by atoms with E-state index in [0.717, 1.165) is 36.1 Å². The number of hydrogen-bond acceptors (Lipinski definition) is 5. The third kappa shape index (κ3) is 8.68. The van der Waals surface area contributed by atoms with Gasteiger partial charge in [0.25, 0.3) is 0 Å². The Morgan fingerprint density at radius 1 is 1.00 bits per heavy atom. The van der Waals surface area contributed by atoms with Gasteiger partial charge in [0.1, 0.15) is 18.1 Å².